The fraction of sp³-hybridized carbons (Fsp3) is 0.323. The van der Waals surface area contributed by atoms with E-state index in [4.69, 9.17) is 9.47 Å². The zero-order valence-corrected chi connectivity index (χ0v) is 22.1. The number of aliphatic carboxylic acids is 1. The maximum Gasteiger partial charge on any atom is 0.407 e. The molecule has 3 aromatic carbocycles. The van der Waals surface area contributed by atoms with Gasteiger partial charge in [-0.3, -0.25) is 9.59 Å². The van der Waals surface area contributed by atoms with Crippen molar-refractivity contribution in [1.82, 2.24) is 10.6 Å². The lowest BCUT2D eigenvalue weighted by Gasteiger charge is -2.27. The van der Waals surface area contributed by atoms with E-state index in [-0.39, 0.29) is 25.6 Å². The molecule has 204 valence electrons. The van der Waals surface area contributed by atoms with Crippen molar-refractivity contribution >= 4 is 18.0 Å². The first-order valence-corrected chi connectivity index (χ1v) is 13.2. The number of hydrogen-bond donors (Lipinski definition) is 3. The molecule has 0 bridgehead atoms. The lowest BCUT2D eigenvalue weighted by molar-refractivity contribution is -0.138. The Morgan fingerprint density at radius 2 is 1.46 bits per heavy atom. The highest BCUT2D eigenvalue weighted by atomic mass is 16.5. The van der Waals surface area contributed by atoms with Gasteiger partial charge in [0, 0.05) is 12.0 Å². The first-order chi connectivity index (χ1) is 18.9. The molecule has 1 aliphatic carbocycles. The van der Waals surface area contributed by atoms with Crippen LogP contribution in [-0.2, 0) is 25.7 Å². The van der Waals surface area contributed by atoms with Gasteiger partial charge in [0.2, 0.25) is 5.91 Å². The predicted molar refractivity (Wildman–Crippen MR) is 147 cm³/mol. The van der Waals surface area contributed by atoms with Gasteiger partial charge in [-0.2, -0.15) is 0 Å². The number of carboxylic acids is 1. The normalized spacial score (nSPS) is 14.4. The average Bonchev–Trinajstić information content (AvgIpc) is 3.27. The lowest BCUT2D eigenvalue weighted by atomic mass is 9.98. The Bertz CT molecular complexity index is 1250. The SMILES string of the molecule is CC[C@@H](CC(=O)O)NC(=O)C(NC(=O)OCC1c2ccccc2-c2ccccc21)C(C)OCc1ccccc1. The van der Waals surface area contributed by atoms with Crippen molar-refractivity contribution in [2.75, 3.05) is 6.61 Å². The Balaban J connectivity index is 1.44. The second kappa shape index (κ2) is 13.1. The number of rotatable bonds is 12. The van der Waals surface area contributed by atoms with E-state index in [1.807, 2.05) is 66.7 Å². The molecular weight excluding hydrogens is 496 g/mol. The zero-order chi connectivity index (χ0) is 27.8. The monoisotopic (exact) mass is 530 g/mol. The third-order valence-electron chi connectivity index (χ3n) is 6.98. The summed E-state index contributed by atoms with van der Waals surface area (Å²) in [5.41, 5.74) is 5.32. The van der Waals surface area contributed by atoms with Crippen molar-refractivity contribution in [3.05, 3.63) is 95.6 Å². The van der Waals surface area contributed by atoms with Gasteiger partial charge in [-0.05, 0) is 41.2 Å². The molecule has 0 heterocycles. The van der Waals surface area contributed by atoms with Crippen molar-refractivity contribution in [3.63, 3.8) is 0 Å². The smallest absolute Gasteiger partial charge is 0.407 e. The van der Waals surface area contributed by atoms with E-state index in [1.54, 1.807) is 13.8 Å². The minimum atomic E-state index is -1.09. The Morgan fingerprint density at radius 1 is 0.872 bits per heavy atom. The number of ether oxygens (including phenoxy) is 2. The summed E-state index contributed by atoms with van der Waals surface area (Å²) in [5, 5.41) is 14.6. The molecule has 1 aliphatic rings. The van der Waals surface area contributed by atoms with Crippen LogP contribution in [0, 0.1) is 0 Å². The summed E-state index contributed by atoms with van der Waals surface area (Å²) in [6, 6.07) is 23.9. The summed E-state index contributed by atoms with van der Waals surface area (Å²) in [4.78, 5) is 37.4. The lowest BCUT2D eigenvalue weighted by Crippen LogP contribution is -2.55. The number of benzene rings is 3. The van der Waals surface area contributed by atoms with Crippen LogP contribution >= 0.6 is 0 Å². The number of fused-ring (bicyclic) bond motifs is 3. The summed E-state index contributed by atoms with van der Waals surface area (Å²) < 4.78 is 11.6. The maximum atomic E-state index is 13.2. The van der Waals surface area contributed by atoms with Crippen molar-refractivity contribution in [2.24, 2.45) is 0 Å². The topological polar surface area (TPSA) is 114 Å². The van der Waals surface area contributed by atoms with Gasteiger partial charge >= 0.3 is 12.1 Å². The van der Waals surface area contributed by atoms with E-state index in [0.29, 0.717) is 6.42 Å². The molecule has 0 aromatic heterocycles. The van der Waals surface area contributed by atoms with Crippen molar-refractivity contribution in [3.8, 4) is 11.1 Å². The molecular formula is C31H34N2O6. The van der Waals surface area contributed by atoms with Gasteiger partial charge in [-0.25, -0.2) is 4.79 Å². The number of nitrogens with one attached hydrogen (secondary N) is 2. The third kappa shape index (κ3) is 7.03. The molecule has 0 aliphatic heterocycles. The molecule has 4 rings (SSSR count). The van der Waals surface area contributed by atoms with Crippen molar-refractivity contribution < 1.29 is 29.0 Å². The molecule has 8 heteroatoms. The van der Waals surface area contributed by atoms with Crippen LogP contribution in [0.15, 0.2) is 78.9 Å². The van der Waals surface area contributed by atoms with Gasteiger partial charge in [-0.15, -0.1) is 0 Å². The number of carbonyl (C=O) groups is 3. The Hall–Kier alpha value is -4.17. The van der Waals surface area contributed by atoms with Crippen LogP contribution in [0.25, 0.3) is 11.1 Å². The molecule has 3 N–H and O–H groups in total. The highest BCUT2D eigenvalue weighted by Gasteiger charge is 2.32. The zero-order valence-electron chi connectivity index (χ0n) is 22.1. The Kier molecular flexibility index (Phi) is 9.33. The van der Waals surface area contributed by atoms with Crippen molar-refractivity contribution in [2.45, 2.75) is 57.4 Å². The molecule has 2 unspecified atom stereocenters. The summed E-state index contributed by atoms with van der Waals surface area (Å²) in [7, 11) is 0. The van der Waals surface area contributed by atoms with E-state index in [9.17, 15) is 19.5 Å². The molecule has 0 radical (unpaired) electrons. The second-order valence-corrected chi connectivity index (χ2v) is 9.66. The minimum absolute atomic E-state index is 0.101. The number of carboxylic acid groups (broad SMARTS) is 1. The van der Waals surface area contributed by atoms with Crippen LogP contribution in [0.1, 0.15) is 49.3 Å². The van der Waals surface area contributed by atoms with E-state index >= 15 is 0 Å². The van der Waals surface area contributed by atoms with E-state index in [1.165, 1.54) is 0 Å². The third-order valence-corrected chi connectivity index (χ3v) is 6.98. The standard InChI is InChI=1S/C31H34N2O6/c1-3-22(17-28(34)35)32-30(36)29(20(2)38-18-21-11-5-4-6-12-21)33-31(37)39-19-27-25-15-9-7-13-23(25)24-14-8-10-16-26(24)27/h4-16,20,22,27,29H,3,17-19H2,1-2H3,(H,32,36)(H,33,37)(H,34,35)/t20?,22-,29?/m0/s1. The minimum Gasteiger partial charge on any atom is -0.481 e. The van der Waals surface area contributed by atoms with Crippen LogP contribution < -0.4 is 10.6 Å². The van der Waals surface area contributed by atoms with E-state index < -0.39 is 36.2 Å². The molecule has 0 fully saturated rings. The Labute approximate surface area is 228 Å². The second-order valence-electron chi connectivity index (χ2n) is 9.66. The quantitative estimate of drug-likeness (QED) is 0.308. The molecule has 0 saturated carbocycles. The molecule has 39 heavy (non-hydrogen) atoms. The first-order valence-electron chi connectivity index (χ1n) is 13.2. The summed E-state index contributed by atoms with van der Waals surface area (Å²) >= 11 is 0. The van der Waals surface area contributed by atoms with Gasteiger partial charge in [0.1, 0.15) is 12.6 Å². The average molecular weight is 531 g/mol. The highest BCUT2D eigenvalue weighted by molar-refractivity contribution is 5.87. The maximum absolute atomic E-state index is 13.2. The Morgan fingerprint density at radius 3 is 2.05 bits per heavy atom. The highest BCUT2D eigenvalue weighted by Crippen LogP contribution is 2.44. The molecule has 3 atom stereocenters. The molecule has 8 nitrogen and oxygen atoms in total. The van der Waals surface area contributed by atoms with Crippen LogP contribution in [0.5, 0.6) is 0 Å². The predicted octanol–water partition coefficient (Wildman–Crippen LogP) is 4.87. The fourth-order valence-corrected chi connectivity index (χ4v) is 4.86. The first kappa shape index (κ1) is 27.9. The van der Waals surface area contributed by atoms with Gasteiger partial charge in [0.15, 0.2) is 0 Å². The number of carbonyl (C=O) groups excluding carboxylic acids is 2. The molecule has 0 saturated heterocycles. The van der Waals surface area contributed by atoms with Crippen LogP contribution in [0.2, 0.25) is 0 Å². The van der Waals surface area contributed by atoms with Crippen LogP contribution in [-0.4, -0.2) is 47.9 Å². The van der Waals surface area contributed by atoms with Crippen LogP contribution in [0.3, 0.4) is 0 Å². The molecule has 0 spiro atoms. The largest absolute Gasteiger partial charge is 0.481 e. The van der Waals surface area contributed by atoms with Crippen molar-refractivity contribution in [1.29, 1.82) is 0 Å². The number of alkyl carbamates (subject to hydrolysis) is 1. The van der Waals surface area contributed by atoms with Gasteiger partial charge < -0.3 is 25.2 Å². The van der Waals surface area contributed by atoms with Crippen LogP contribution in [0.4, 0.5) is 4.79 Å². The van der Waals surface area contributed by atoms with Gasteiger partial charge in [0.25, 0.3) is 0 Å². The van der Waals surface area contributed by atoms with Gasteiger partial charge in [0.05, 0.1) is 19.1 Å². The molecule has 2 amide bonds. The van der Waals surface area contributed by atoms with E-state index in [0.717, 1.165) is 27.8 Å². The summed E-state index contributed by atoms with van der Waals surface area (Å²) in [6.07, 6.45) is -1.26. The van der Waals surface area contributed by atoms with Gasteiger partial charge in [-0.1, -0.05) is 85.8 Å². The number of hydrogen-bond acceptors (Lipinski definition) is 5. The molecule has 3 aromatic rings. The summed E-state index contributed by atoms with van der Waals surface area (Å²) in [5.74, 6) is -1.67. The number of amides is 2. The summed E-state index contributed by atoms with van der Waals surface area (Å²) in [6.45, 7) is 3.82. The fourth-order valence-electron chi connectivity index (χ4n) is 4.86. The van der Waals surface area contributed by atoms with E-state index in [2.05, 4.69) is 22.8 Å².